The Labute approximate surface area is 161 Å². The Morgan fingerprint density at radius 1 is 1.25 bits per heavy atom. The van der Waals surface area contributed by atoms with Crippen molar-refractivity contribution >= 4 is 12.0 Å². The van der Waals surface area contributed by atoms with Crippen molar-refractivity contribution in [2.24, 2.45) is 5.92 Å². The van der Waals surface area contributed by atoms with Crippen LogP contribution < -0.4 is 10.1 Å². The number of nitrogens with zero attached hydrogens (tertiary/aromatic N) is 1. The van der Waals surface area contributed by atoms with Gasteiger partial charge in [0, 0.05) is 6.08 Å². The molecule has 1 N–H and O–H groups in total. The Morgan fingerprint density at radius 3 is 2.54 bits per heavy atom. The lowest BCUT2D eigenvalue weighted by molar-refractivity contribution is -0.137. The zero-order valence-electron chi connectivity index (χ0n) is 15.4. The average molecular weight is 390 g/mol. The van der Waals surface area contributed by atoms with Gasteiger partial charge in [0.2, 0.25) is 5.91 Å². The standard InChI is InChI=1S/C21H21F3N2O2/c1-14(19-10-9-18(12-25-19)28-13-16-2-3-16)26-20(27)11-6-15-4-7-17(8-5-15)21(22,23)24/h4-12,14,16H,2-3,13H2,1H3,(H,26,27)/t14-/m1/s1. The molecule has 2 aromatic rings. The molecule has 0 spiro atoms. The quantitative estimate of drug-likeness (QED) is 0.693. The van der Waals surface area contributed by atoms with Crippen molar-refractivity contribution < 1.29 is 22.7 Å². The molecular formula is C21H21F3N2O2. The number of halogens is 3. The molecule has 1 aliphatic rings. The van der Waals surface area contributed by atoms with Crippen molar-refractivity contribution in [3.8, 4) is 5.75 Å². The van der Waals surface area contributed by atoms with Gasteiger partial charge in [0.25, 0.3) is 0 Å². The van der Waals surface area contributed by atoms with E-state index in [1.165, 1.54) is 37.1 Å². The van der Waals surface area contributed by atoms with Crippen molar-refractivity contribution in [2.45, 2.75) is 32.0 Å². The smallest absolute Gasteiger partial charge is 0.416 e. The highest BCUT2D eigenvalue weighted by atomic mass is 19.4. The van der Waals surface area contributed by atoms with E-state index in [1.54, 1.807) is 19.2 Å². The average Bonchev–Trinajstić information content (AvgIpc) is 3.49. The summed E-state index contributed by atoms with van der Waals surface area (Å²) in [6, 6.07) is 7.91. The number of aromatic nitrogens is 1. The summed E-state index contributed by atoms with van der Waals surface area (Å²) in [7, 11) is 0. The molecule has 1 heterocycles. The van der Waals surface area contributed by atoms with E-state index in [2.05, 4.69) is 10.3 Å². The van der Waals surface area contributed by atoms with Gasteiger partial charge in [-0.3, -0.25) is 9.78 Å². The lowest BCUT2D eigenvalue weighted by Gasteiger charge is -2.13. The Balaban J connectivity index is 1.51. The third-order valence-corrected chi connectivity index (χ3v) is 4.41. The maximum atomic E-state index is 12.5. The molecule has 0 bridgehead atoms. The summed E-state index contributed by atoms with van der Waals surface area (Å²) in [6.45, 7) is 2.51. The van der Waals surface area contributed by atoms with Gasteiger partial charge in [0.15, 0.2) is 0 Å². The molecule has 1 fully saturated rings. The van der Waals surface area contributed by atoms with Gasteiger partial charge in [0.1, 0.15) is 5.75 Å². The van der Waals surface area contributed by atoms with Gasteiger partial charge in [-0.2, -0.15) is 13.2 Å². The first kappa shape index (κ1) is 19.9. The first-order valence-corrected chi connectivity index (χ1v) is 9.06. The van der Waals surface area contributed by atoms with Crippen molar-refractivity contribution in [3.05, 3.63) is 65.5 Å². The number of hydrogen-bond acceptors (Lipinski definition) is 3. The van der Waals surface area contributed by atoms with Crippen LogP contribution in [0.4, 0.5) is 13.2 Å². The summed E-state index contributed by atoms with van der Waals surface area (Å²) in [5.41, 5.74) is 0.472. The summed E-state index contributed by atoms with van der Waals surface area (Å²) in [4.78, 5) is 16.4. The molecule has 1 atom stereocenters. The van der Waals surface area contributed by atoms with Crippen molar-refractivity contribution in [3.63, 3.8) is 0 Å². The lowest BCUT2D eigenvalue weighted by atomic mass is 10.1. The van der Waals surface area contributed by atoms with Crippen LogP contribution in [0.5, 0.6) is 5.75 Å². The van der Waals surface area contributed by atoms with Gasteiger partial charge < -0.3 is 10.1 Å². The summed E-state index contributed by atoms with van der Waals surface area (Å²) in [6.07, 6.45) is 2.44. The number of rotatable bonds is 7. The number of pyridine rings is 1. The van der Waals surface area contributed by atoms with E-state index in [0.717, 1.165) is 12.1 Å². The number of hydrogen-bond donors (Lipinski definition) is 1. The van der Waals surface area contributed by atoms with Crippen LogP contribution in [0.25, 0.3) is 6.08 Å². The van der Waals surface area contributed by atoms with E-state index in [1.807, 2.05) is 6.07 Å². The monoisotopic (exact) mass is 390 g/mol. The van der Waals surface area contributed by atoms with Crippen LogP contribution >= 0.6 is 0 Å². The SMILES string of the molecule is C[C@@H](NC(=O)C=Cc1ccc(C(F)(F)F)cc1)c1ccc(OCC2CC2)cn1. The molecular weight excluding hydrogens is 369 g/mol. The first-order valence-electron chi connectivity index (χ1n) is 9.06. The summed E-state index contributed by atoms with van der Waals surface area (Å²) >= 11 is 0. The number of ether oxygens (including phenoxy) is 1. The van der Waals surface area contributed by atoms with Crippen LogP contribution in [0.2, 0.25) is 0 Å². The molecule has 0 unspecified atom stereocenters. The van der Waals surface area contributed by atoms with Crippen LogP contribution in [-0.4, -0.2) is 17.5 Å². The Bertz CT molecular complexity index is 826. The molecule has 1 aliphatic carbocycles. The summed E-state index contributed by atoms with van der Waals surface area (Å²) in [5.74, 6) is 1.01. The second kappa shape index (κ2) is 8.46. The normalized spacial score (nSPS) is 15.4. The number of alkyl halides is 3. The lowest BCUT2D eigenvalue weighted by Crippen LogP contribution is -2.25. The van der Waals surface area contributed by atoms with E-state index in [-0.39, 0.29) is 11.9 Å². The van der Waals surface area contributed by atoms with Gasteiger partial charge in [-0.1, -0.05) is 12.1 Å². The van der Waals surface area contributed by atoms with Crippen molar-refractivity contribution in [1.82, 2.24) is 10.3 Å². The molecule has 3 rings (SSSR count). The van der Waals surface area contributed by atoms with Crippen molar-refractivity contribution in [1.29, 1.82) is 0 Å². The molecule has 148 valence electrons. The molecule has 1 aromatic carbocycles. The van der Waals surface area contributed by atoms with Crippen molar-refractivity contribution in [2.75, 3.05) is 6.61 Å². The topological polar surface area (TPSA) is 51.2 Å². The van der Waals surface area contributed by atoms with E-state index < -0.39 is 11.7 Å². The number of carbonyl (C=O) groups is 1. The fourth-order valence-electron chi connectivity index (χ4n) is 2.52. The summed E-state index contributed by atoms with van der Waals surface area (Å²) < 4.78 is 43.3. The molecule has 1 saturated carbocycles. The summed E-state index contributed by atoms with van der Waals surface area (Å²) in [5, 5.41) is 2.77. The Hall–Kier alpha value is -2.83. The Morgan fingerprint density at radius 2 is 1.96 bits per heavy atom. The second-order valence-electron chi connectivity index (χ2n) is 6.86. The highest BCUT2D eigenvalue weighted by Gasteiger charge is 2.29. The third kappa shape index (κ3) is 5.84. The molecule has 0 aliphatic heterocycles. The number of amides is 1. The third-order valence-electron chi connectivity index (χ3n) is 4.41. The molecule has 28 heavy (non-hydrogen) atoms. The molecule has 0 saturated heterocycles. The first-order chi connectivity index (χ1) is 13.3. The van der Waals surface area contributed by atoms with Gasteiger partial charge in [-0.05, 0) is 61.6 Å². The van der Waals surface area contributed by atoms with E-state index in [0.29, 0.717) is 29.5 Å². The van der Waals surface area contributed by atoms with Crippen LogP contribution in [0, 0.1) is 5.92 Å². The number of benzene rings is 1. The zero-order chi connectivity index (χ0) is 20.1. The number of nitrogens with one attached hydrogen (secondary N) is 1. The van der Waals surface area contributed by atoms with E-state index >= 15 is 0 Å². The maximum Gasteiger partial charge on any atom is 0.416 e. The predicted octanol–water partition coefficient (Wildman–Crippen LogP) is 4.78. The maximum absolute atomic E-state index is 12.5. The molecule has 1 amide bonds. The van der Waals surface area contributed by atoms with Crippen LogP contribution in [0.15, 0.2) is 48.7 Å². The van der Waals surface area contributed by atoms with E-state index in [9.17, 15) is 18.0 Å². The van der Waals surface area contributed by atoms with Crippen LogP contribution in [0.3, 0.4) is 0 Å². The molecule has 0 radical (unpaired) electrons. The highest BCUT2D eigenvalue weighted by Crippen LogP contribution is 2.30. The zero-order valence-corrected chi connectivity index (χ0v) is 15.4. The molecule has 1 aromatic heterocycles. The predicted molar refractivity (Wildman–Crippen MR) is 99.5 cm³/mol. The van der Waals surface area contributed by atoms with Crippen LogP contribution in [0.1, 0.15) is 42.6 Å². The second-order valence-corrected chi connectivity index (χ2v) is 6.86. The van der Waals surface area contributed by atoms with Gasteiger partial charge in [-0.15, -0.1) is 0 Å². The van der Waals surface area contributed by atoms with Gasteiger partial charge >= 0.3 is 6.18 Å². The highest BCUT2D eigenvalue weighted by molar-refractivity contribution is 5.91. The number of carbonyl (C=O) groups excluding carboxylic acids is 1. The minimum absolute atomic E-state index is 0.317. The Kier molecular flexibility index (Phi) is 6.02. The van der Waals surface area contributed by atoms with Gasteiger partial charge in [-0.25, -0.2) is 0 Å². The molecule has 7 heteroatoms. The minimum Gasteiger partial charge on any atom is -0.492 e. The van der Waals surface area contributed by atoms with Crippen LogP contribution in [-0.2, 0) is 11.0 Å². The largest absolute Gasteiger partial charge is 0.492 e. The fraction of sp³-hybridized carbons (Fsp3) is 0.333. The fourth-order valence-corrected chi connectivity index (χ4v) is 2.52. The minimum atomic E-state index is -4.37. The molecule has 4 nitrogen and oxygen atoms in total. The van der Waals surface area contributed by atoms with E-state index in [4.69, 9.17) is 4.74 Å². The van der Waals surface area contributed by atoms with Gasteiger partial charge in [0.05, 0.1) is 30.1 Å².